The van der Waals surface area contributed by atoms with Crippen LogP contribution in [0, 0.1) is 10.1 Å². The van der Waals surface area contributed by atoms with Gasteiger partial charge in [-0.05, 0) is 17.7 Å². The second kappa shape index (κ2) is 6.25. The lowest BCUT2D eigenvalue weighted by Crippen LogP contribution is -2.15. The average Bonchev–Trinajstić information content (AvgIpc) is 2.38. The fourth-order valence-electron chi connectivity index (χ4n) is 1.63. The largest absolute Gasteiger partial charge is 0.310 e. The van der Waals surface area contributed by atoms with Crippen LogP contribution in [0.25, 0.3) is 0 Å². The molecule has 102 valence electrons. The maximum atomic E-state index is 11.8. The predicted molar refractivity (Wildman–Crippen MR) is 77.4 cm³/mol. The first-order valence-electron chi connectivity index (χ1n) is 5.69. The quantitative estimate of drug-likeness (QED) is 0.687. The molecule has 2 rings (SSSR count). The lowest BCUT2D eigenvalue weighted by atomic mass is 10.1. The van der Waals surface area contributed by atoms with E-state index in [1.807, 2.05) is 0 Å². The normalized spacial score (nSPS) is 10.1. The van der Waals surface area contributed by atoms with E-state index in [1.165, 1.54) is 12.1 Å². The van der Waals surface area contributed by atoms with Crippen LogP contribution in [-0.2, 0) is 11.2 Å². The first-order chi connectivity index (χ1) is 9.54. The van der Waals surface area contributed by atoms with Gasteiger partial charge in [0.15, 0.2) is 0 Å². The van der Waals surface area contributed by atoms with Gasteiger partial charge < -0.3 is 5.32 Å². The molecule has 0 atom stereocenters. The number of rotatable bonds is 4. The van der Waals surface area contributed by atoms with Crippen LogP contribution >= 0.6 is 15.9 Å². The van der Waals surface area contributed by atoms with Crippen molar-refractivity contribution in [3.63, 3.8) is 0 Å². The molecule has 0 radical (unpaired) electrons. The summed E-state index contributed by atoms with van der Waals surface area (Å²) in [7, 11) is 0. The van der Waals surface area contributed by atoms with Crippen molar-refractivity contribution in [3.8, 4) is 0 Å². The zero-order valence-corrected chi connectivity index (χ0v) is 11.8. The number of halogens is 1. The Bertz CT molecular complexity index is 661. The van der Waals surface area contributed by atoms with E-state index in [9.17, 15) is 14.9 Å². The molecule has 0 unspecified atom stereocenters. The SMILES string of the molecule is O=C(Cc1cccc([N+](=O)[O-])c1)Nc1cc(Br)ccn1. The molecule has 0 fully saturated rings. The number of carbonyl (C=O) groups excluding carboxylic acids is 1. The van der Waals surface area contributed by atoms with Crippen molar-refractivity contribution >= 4 is 33.3 Å². The van der Waals surface area contributed by atoms with Crippen molar-refractivity contribution < 1.29 is 9.72 Å². The third-order valence-corrected chi connectivity index (χ3v) is 2.97. The van der Waals surface area contributed by atoms with E-state index >= 15 is 0 Å². The molecule has 6 nitrogen and oxygen atoms in total. The number of hydrogen-bond acceptors (Lipinski definition) is 4. The van der Waals surface area contributed by atoms with E-state index in [0.29, 0.717) is 11.4 Å². The van der Waals surface area contributed by atoms with Crippen molar-refractivity contribution in [2.75, 3.05) is 5.32 Å². The van der Waals surface area contributed by atoms with Crippen molar-refractivity contribution in [1.82, 2.24) is 4.98 Å². The van der Waals surface area contributed by atoms with Crippen LogP contribution in [0.4, 0.5) is 11.5 Å². The number of amides is 1. The molecule has 1 aromatic carbocycles. The van der Waals surface area contributed by atoms with Crippen LogP contribution in [0.2, 0.25) is 0 Å². The Labute approximate surface area is 123 Å². The monoisotopic (exact) mass is 335 g/mol. The smallest absolute Gasteiger partial charge is 0.269 e. The molecule has 0 aliphatic heterocycles. The Balaban J connectivity index is 2.04. The number of aromatic nitrogens is 1. The molecule has 1 aromatic heterocycles. The molecule has 1 heterocycles. The van der Waals surface area contributed by atoms with E-state index in [4.69, 9.17) is 0 Å². The molecule has 20 heavy (non-hydrogen) atoms. The van der Waals surface area contributed by atoms with E-state index in [0.717, 1.165) is 4.47 Å². The first-order valence-corrected chi connectivity index (χ1v) is 6.48. The third kappa shape index (κ3) is 3.86. The Morgan fingerprint density at radius 3 is 2.85 bits per heavy atom. The number of carbonyl (C=O) groups is 1. The van der Waals surface area contributed by atoms with Crippen LogP contribution in [0.15, 0.2) is 47.1 Å². The molecule has 7 heteroatoms. The molecule has 0 bridgehead atoms. The van der Waals surface area contributed by atoms with Crippen LogP contribution in [-0.4, -0.2) is 15.8 Å². The van der Waals surface area contributed by atoms with Gasteiger partial charge in [-0.1, -0.05) is 28.1 Å². The van der Waals surface area contributed by atoms with Crippen LogP contribution in [0.1, 0.15) is 5.56 Å². The molecule has 1 amide bonds. The predicted octanol–water partition coefficient (Wildman–Crippen LogP) is 2.93. The Kier molecular flexibility index (Phi) is 4.41. The number of nitro benzene ring substituents is 1. The fourth-order valence-corrected chi connectivity index (χ4v) is 1.96. The number of nitrogens with zero attached hydrogens (tertiary/aromatic N) is 2. The van der Waals surface area contributed by atoms with Crippen molar-refractivity contribution in [2.45, 2.75) is 6.42 Å². The van der Waals surface area contributed by atoms with Crippen LogP contribution < -0.4 is 5.32 Å². The molecule has 1 N–H and O–H groups in total. The van der Waals surface area contributed by atoms with E-state index in [-0.39, 0.29) is 18.0 Å². The molecule has 0 spiro atoms. The van der Waals surface area contributed by atoms with Gasteiger partial charge in [0.25, 0.3) is 5.69 Å². The highest BCUT2D eigenvalue weighted by Crippen LogP contribution is 2.15. The maximum Gasteiger partial charge on any atom is 0.269 e. The zero-order valence-electron chi connectivity index (χ0n) is 10.2. The van der Waals surface area contributed by atoms with Gasteiger partial charge in [-0.25, -0.2) is 4.98 Å². The Morgan fingerprint density at radius 1 is 1.35 bits per heavy atom. The number of anilines is 1. The number of nitrogens with one attached hydrogen (secondary N) is 1. The summed E-state index contributed by atoms with van der Waals surface area (Å²) in [6.45, 7) is 0. The van der Waals surface area contributed by atoms with Gasteiger partial charge in [-0.15, -0.1) is 0 Å². The molecular weight excluding hydrogens is 326 g/mol. The van der Waals surface area contributed by atoms with Gasteiger partial charge in [-0.3, -0.25) is 14.9 Å². The third-order valence-electron chi connectivity index (χ3n) is 2.48. The standard InChI is InChI=1S/C13H10BrN3O3/c14-10-4-5-15-12(8-10)16-13(18)7-9-2-1-3-11(6-9)17(19)20/h1-6,8H,7H2,(H,15,16,18). The van der Waals surface area contributed by atoms with Gasteiger partial charge >= 0.3 is 0 Å². The summed E-state index contributed by atoms with van der Waals surface area (Å²) in [5.74, 6) is 0.144. The van der Waals surface area contributed by atoms with E-state index in [2.05, 4.69) is 26.2 Å². The summed E-state index contributed by atoms with van der Waals surface area (Å²) in [6.07, 6.45) is 1.61. The molecule has 0 aliphatic carbocycles. The molecule has 0 saturated carbocycles. The number of pyridine rings is 1. The maximum absolute atomic E-state index is 11.8. The second-order valence-corrected chi connectivity index (χ2v) is 4.93. The summed E-state index contributed by atoms with van der Waals surface area (Å²) in [6, 6.07) is 9.41. The van der Waals surface area contributed by atoms with Crippen LogP contribution in [0.5, 0.6) is 0 Å². The molecule has 2 aromatic rings. The number of hydrogen-bond donors (Lipinski definition) is 1. The van der Waals surface area contributed by atoms with Gasteiger partial charge in [0.05, 0.1) is 11.3 Å². The van der Waals surface area contributed by atoms with E-state index < -0.39 is 4.92 Å². The lowest BCUT2D eigenvalue weighted by Gasteiger charge is -2.04. The van der Waals surface area contributed by atoms with Gasteiger partial charge in [-0.2, -0.15) is 0 Å². The van der Waals surface area contributed by atoms with Gasteiger partial charge in [0.1, 0.15) is 5.82 Å². The van der Waals surface area contributed by atoms with Crippen molar-refractivity contribution in [1.29, 1.82) is 0 Å². The topological polar surface area (TPSA) is 85.1 Å². The second-order valence-electron chi connectivity index (χ2n) is 4.01. The summed E-state index contributed by atoms with van der Waals surface area (Å²) in [4.78, 5) is 26.0. The summed E-state index contributed by atoms with van der Waals surface area (Å²) in [5.41, 5.74) is 0.544. The van der Waals surface area contributed by atoms with Crippen molar-refractivity contribution in [2.24, 2.45) is 0 Å². The molecular formula is C13H10BrN3O3. The summed E-state index contributed by atoms with van der Waals surface area (Å²) < 4.78 is 0.804. The van der Waals surface area contributed by atoms with E-state index in [1.54, 1.807) is 30.5 Å². The highest BCUT2D eigenvalue weighted by molar-refractivity contribution is 9.10. The first kappa shape index (κ1) is 14.1. The minimum Gasteiger partial charge on any atom is -0.310 e. The van der Waals surface area contributed by atoms with Crippen LogP contribution in [0.3, 0.4) is 0 Å². The Morgan fingerprint density at radius 2 is 2.15 bits per heavy atom. The minimum atomic E-state index is -0.489. The highest BCUT2D eigenvalue weighted by atomic mass is 79.9. The fraction of sp³-hybridized carbons (Fsp3) is 0.0769. The average molecular weight is 336 g/mol. The minimum absolute atomic E-state index is 0.0316. The lowest BCUT2D eigenvalue weighted by molar-refractivity contribution is -0.384. The number of non-ortho nitro benzene ring substituents is 1. The highest BCUT2D eigenvalue weighted by Gasteiger charge is 2.09. The van der Waals surface area contributed by atoms with Gasteiger partial charge in [0, 0.05) is 22.8 Å². The summed E-state index contributed by atoms with van der Waals surface area (Å²) >= 11 is 3.28. The Hall–Kier alpha value is -2.28. The van der Waals surface area contributed by atoms with Gasteiger partial charge in [0.2, 0.25) is 5.91 Å². The number of nitro groups is 1. The molecule has 0 saturated heterocycles. The zero-order chi connectivity index (χ0) is 14.5. The number of benzene rings is 1. The summed E-state index contributed by atoms with van der Waals surface area (Å²) in [5, 5.41) is 13.3. The van der Waals surface area contributed by atoms with Crippen molar-refractivity contribution in [3.05, 3.63) is 62.7 Å². The molecule has 0 aliphatic rings.